The summed E-state index contributed by atoms with van der Waals surface area (Å²) in [5.74, 6) is -0.620. The number of benzene rings is 2. The van der Waals surface area contributed by atoms with E-state index >= 15 is 0 Å². The second kappa shape index (κ2) is 6.10. The van der Waals surface area contributed by atoms with Gasteiger partial charge in [0.1, 0.15) is 11.4 Å². The number of carboxylic acid groups (broad SMARTS) is 1. The Morgan fingerprint density at radius 1 is 1.22 bits per heavy atom. The Morgan fingerprint density at radius 2 is 1.96 bits per heavy atom. The number of aromatic nitrogens is 3. The van der Waals surface area contributed by atoms with Gasteiger partial charge in [-0.25, -0.2) is 9.48 Å². The van der Waals surface area contributed by atoms with Gasteiger partial charge in [-0.05, 0) is 18.2 Å². The molecule has 0 aliphatic heterocycles. The largest absolute Gasteiger partial charge is 0.495 e. The molecule has 1 heterocycles. The summed E-state index contributed by atoms with van der Waals surface area (Å²) in [7, 11) is 1.52. The normalized spacial score (nSPS) is 10.5. The number of carbonyl (C=O) groups is 1. The maximum Gasteiger partial charge on any atom is 0.358 e. The first-order valence-electron chi connectivity index (χ1n) is 6.70. The quantitative estimate of drug-likeness (QED) is 0.794. The SMILES string of the molecule is COc1ccc(-n2nnc(C(=O)O)c2-c2ccccc2)cc1Cl. The molecule has 0 saturated heterocycles. The van der Waals surface area contributed by atoms with E-state index in [0.717, 1.165) is 0 Å². The lowest BCUT2D eigenvalue weighted by atomic mass is 10.1. The van der Waals surface area contributed by atoms with Crippen molar-refractivity contribution in [1.29, 1.82) is 0 Å². The van der Waals surface area contributed by atoms with Crippen LogP contribution in [-0.2, 0) is 0 Å². The monoisotopic (exact) mass is 329 g/mol. The second-order valence-electron chi connectivity index (χ2n) is 4.69. The molecule has 6 nitrogen and oxygen atoms in total. The molecule has 3 aromatic rings. The molecule has 0 aliphatic rings. The highest BCUT2D eigenvalue weighted by Gasteiger charge is 2.21. The van der Waals surface area contributed by atoms with Crippen molar-refractivity contribution in [2.45, 2.75) is 0 Å². The number of rotatable bonds is 4. The maximum absolute atomic E-state index is 11.4. The van der Waals surface area contributed by atoms with Crippen LogP contribution in [0.3, 0.4) is 0 Å². The molecule has 0 amide bonds. The van der Waals surface area contributed by atoms with Gasteiger partial charge in [0.25, 0.3) is 0 Å². The van der Waals surface area contributed by atoms with E-state index in [-0.39, 0.29) is 5.69 Å². The molecule has 0 spiro atoms. The third-order valence-electron chi connectivity index (χ3n) is 3.30. The Labute approximate surface area is 136 Å². The predicted octanol–water partition coefficient (Wildman–Crippen LogP) is 3.29. The fraction of sp³-hybridized carbons (Fsp3) is 0.0625. The number of nitrogens with zero attached hydrogens (tertiary/aromatic N) is 3. The summed E-state index contributed by atoms with van der Waals surface area (Å²) in [4.78, 5) is 11.4. The van der Waals surface area contributed by atoms with Crippen LogP contribution >= 0.6 is 11.6 Å². The minimum atomic E-state index is -1.14. The van der Waals surface area contributed by atoms with Gasteiger partial charge in [-0.3, -0.25) is 0 Å². The summed E-state index contributed by atoms with van der Waals surface area (Å²) in [5, 5.41) is 17.5. The number of methoxy groups -OCH3 is 1. The van der Waals surface area contributed by atoms with E-state index in [9.17, 15) is 9.90 Å². The minimum Gasteiger partial charge on any atom is -0.495 e. The standard InChI is InChI=1S/C16H12ClN3O3/c1-23-13-8-7-11(9-12(13)17)20-15(10-5-3-2-4-6-10)14(16(21)22)18-19-20/h2-9H,1H3,(H,21,22). The van der Waals surface area contributed by atoms with Crippen molar-refractivity contribution in [3.8, 4) is 22.7 Å². The van der Waals surface area contributed by atoms with Gasteiger partial charge in [0.15, 0.2) is 5.69 Å². The average Bonchev–Trinajstić information content (AvgIpc) is 3.00. The Morgan fingerprint density at radius 3 is 2.57 bits per heavy atom. The number of halogens is 1. The van der Waals surface area contributed by atoms with Gasteiger partial charge in [0.2, 0.25) is 0 Å². The fourth-order valence-corrected chi connectivity index (χ4v) is 2.50. The van der Waals surface area contributed by atoms with E-state index in [1.54, 1.807) is 30.3 Å². The van der Waals surface area contributed by atoms with Gasteiger partial charge in [-0.15, -0.1) is 5.10 Å². The van der Waals surface area contributed by atoms with Crippen molar-refractivity contribution in [2.75, 3.05) is 7.11 Å². The van der Waals surface area contributed by atoms with Crippen LogP contribution in [0, 0.1) is 0 Å². The van der Waals surface area contributed by atoms with Crippen LogP contribution in [0.15, 0.2) is 48.5 Å². The summed E-state index contributed by atoms with van der Waals surface area (Å²) in [5.41, 5.74) is 1.55. The number of hydrogen-bond acceptors (Lipinski definition) is 4. The Bertz CT molecular complexity index is 862. The smallest absolute Gasteiger partial charge is 0.358 e. The van der Waals surface area contributed by atoms with E-state index in [0.29, 0.717) is 27.7 Å². The van der Waals surface area contributed by atoms with Crippen molar-refractivity contribution >= 4 is 17.6 Å². The lowest BCUT2D eigenvalue weighted by Crippen LogP contribution is -2.03. The number of ether oxygens (including phenoxy) is 1. The molecule has 1 aromatic heterocycles. The van der Waals surface area contributed by atoms with Gasteiger partial charge in [-0.2, -0.15) is 0 Å². The Hall–Kier alpha value is -2.86. The molecule has 2 aromatic carbocycles. The van der Waals surface area contributed by atoms with Gasteiger partial charge in [0.05, 0.1) is 17.8 Å². The van der Waals surface area contributed by atoms with Gasteiger partial charge >= 0.3 is 5.97 Å². The average molecular weight is 330 g/mol. The molecule has 3 rings (SSSR count). The van der Waals surface area contributed by atoms with Crippen molar-refractivity contribution in [3.05, 3.63) is 59.2 Å². The van der Waals surface area contributed by atoms with Crippen molar-refractivity contribution < 1.29 is 14.6 Å². The zero-order valence-corrected chi connectivity index (χ0v) is 12.9. The first kappa shape index (κ1) is 15.1. The predicted molar refractivity (Wildman–Crippen MR) is 85.3 cm³/mol. The van der Waals surface area contributed by atoms with Crippen LogP contribution < -0.4 is 4.74 Å². The van der Waals surface area contributed by atoms with Crippen LogP contribution in [-0.4, -0.2) is 33.2 Å². The first-order chi connectivity index (χ1) is 11.1. The van der Waals surface area contributed by atoms with Crippen LogP contribution in [0.25, 0.3) is 16.9 Å². The summed E-state index contributed by atoms with van der Waals surface area (Å²) in [6.07, 6.45) is 0. The van der Waals surface area contributed by atoms with Gasteiger partial charge in [-0.1, -0.05) is 47.1 Å². The highest BCUT2D eigenvalue weighted by atomic mass is 35.5. The Balaban J connectivity index is 2.21. The zero-order chi connectivity index (χ0) is 16.4. The number of aromatic carboxylic acids is 1. The molecular weight excluding hydrogens is 318 g/mol. The van der Waals surface area contributed by atoms with E-state index in [1.807, 2.05) is 18.2 Å². The van der Waals surface area contributed by atoms with Crippen molar-refractivity contribution in [3.63, 3.8) is 0 Å². The van der Waals surface area contributed by atoms with E-state index in [2.05, 4.69) is 10.3 Å². The number of carboxylic acids is 1. The molecule has 0 aliphatic carbocycles. The molecule has 0 saturated carbocycles. The fourth-order valence-electron chi connectivity index (χ4n) is 2.25. The lowest BCUT2D eigenvalue weighted by Gasteiger charge is -2.09. The molecule has 0 fully saturated rings. The maximum atomic E-state index is 11.4. The highest BCUT2D eigenvalue weighted by molar-refractivity contribution is 6.32. The van der Waals surface area contributed by atoms with Crippen LogP contribution in [0.4, 0.5) is 0 Å². The van der Waals surface area contributed by atoms with Crippen LogP contribution in [0.5, 0.6) is 5.75 Å². The molecular formula is C16H12ClN3O3. The summed E-state index contributed by atoms with van der Waals surface area (Å²) in [6.45, 7) is 0. The molecule has 0 bridgehead atoms. The molecule has 0 atom stereocenters. The number of hydrogen-bond donors (Lipinski definition) is 1. The molecule has 1 N–H and O–H groups in total. The summed E-state index contributed by atoms with van der Waals surface area (Å²) in [6, 6.07) is 14.2. The lowest BCUT2D eigenvalue weighted by molar-refractivity contribution is 0.0691. The van der Waals surface area contributed by atoms with Gasteiger partial charge in [0, 0.05) is 5.56 Å². The molecule has 7 heteroatoms. The van der Waals surface area contributed by atoms with E-state index < -0.39 is 5.97 Å². The van der Waals surface area contributed by atoms with Crippen LogP contribution in [0.2, 0.25) is 5.02 Å². The van der Waals surface area contributed by atoms with E-state index in [4.69, 9.17) is 16.3 Å². The summed E-state index contributed by atoms with van der Waals surface area (Å²) >= 11 is 6.14. The topological polar surface area (TPSA) is 77.2 Å². The molecule has 23 heavy (non-hydrogen) atoms. The van der Waals surface area contributed by atoms with Gasteiger partial charge < -0.3 is 9.84 Å². The second-order valence-corrected chi connectivity index (χ2v) is 5.10. The highest BCUT2D eigenvalue weighted by Crippen LogP contribution is 2.30. The third-order valence-corrected chi connectivity index (χ3v) is 3.60. The van der Waals surface area contributed by atoms with Crippen LogP contribution in [0.1, 0.15) is 10.5 Å². The molecule has 0 radical (unpaired) electrons. The van der Waals surface area contributed by atoms with Crippen molar-refractivity contribution in [2.24, 2.45) is 0 Å². The summed E-state index contributed by atoms with van der Waals surface area (Å²) < 4.78 is 6.57. The zero-order valence-electron chi connectivity index (χ0n) is 12.1. The molecule has 0 unspecified atom stereocenters. The Kier molecular flexibility index (Phi) is 3.99. The minimum absolute atomic E-state index is 0.122. The molecule has 116 valence electrons. The van der Waals surface area contributed by atoms with E-state index in [1.165, 1.54) is 11.8 Å². The third kappa shape index (κ3) is 2.76. The van der Waals surface area contributed by atoms with Crippen molar-refractivity contribution in [1.82, 2.24) is 15.0 Å². The first-order valence-corrected chi connectivity index (χ1v) is 7.08.